The molecular formula is C22H19NO4S. The predicted octanol–water partition coefficient (Wildman–Crippen LogP) is 5.34. The van der Waals surface area contributed by atoms with Gasteiger partial charge in [-0.25, -0.2) is 0 Å². The Bertz CT molecular complexity index is 1040. The van der Waals surface area contributed by atoms with E-state index in [-0.39, 0.29) is 5.91 Å². The lowest BCUT2D eigenvalue weighted by Crippen LogP contribution is -2.27. The minimum atomic E-state index is -0.114. The first-order valence-electron chi connectivity index (χ1n) is 8.81. The summed E-state index contributed by atoms with van der Waals surface area (Å²) in [6.07, 6.45) is 4.83. The monoisotopic (exact) mass is 393 g/mol. The van der Waals surface area contributed by atoms with Crippen LogP contribution in [0.1, 0.15) is 16.4 Å². The molecule has 0 aliphatic heterocycles. The number of thiophene rings is 1. The van der Waals surface area contributed by atoms with Crippen LogP contribution in [0.3, 0.4) is 0 Å². The number of ether oxygens (including phenoxy) is 1. The van der Waals surface area contributed by atoms with Gasteiger partial charge in [-0.15, -0.1) is 11.3 Å². The van der Waals surface area contributed by atoms with Gasteiger partial charge in [-0.2, -0.15) is 0 Å². The Hall–Kier alpha value is -3.25. The molecule has 5 nitrogen and oxygen atoms in total. The smallest absolute Gasteiger partial charge is 0.247 e. The lowest BCUT2D eigenvalue weighted by molar-refractivity contribution is -0.127. The van der Waals surface area contributed by atoms with Crippen LogP contribution in [0.25, 0.3) is 17.0 Å². The van der Waals surface area contributed by atoms with Crippen molar-refractivity contribution in [2.24, 2.45) is 0 Å². The van der Waals surface area contributed by atoms with Crippen LogP contribution in [0.5, 0.6) is 5.75 Å². The molecule has 0 saturated carbocycles. The van der Waals surface area contributed by atoms with Crippen LogP contribution >= 0.6 is 11.3 Å². The van der Waals surface area contributed by atoms with Crippen molar-refractivity contribution in [1.82, 2.24) is 4.90 Å². The zero-order chi connectivity index (χ0) is 19.3. The second-order valence-electron chi connectivity index (χ2n) is 6.21. The molecule has 0 bridgehead atoms. The molecule has 3 heterocycles. The third-order valence-electron chi connectivity index (χ3n) is 4.30. The van der Waals surface area contributed by atoms with E-state index in [0.717, 1.165) is 16.0 Å². The van der Waals surface area contributed by atoms with Gasteiger partial charge in [0.1, 0.15) is 11.5 Å². The fourth-order valence-electron chi connectivity index (χ4n) is 2.95. The Balaban J connectivity index is 1.54. The quantitative estimate of drug-likeness (QED) is 0.398. The van der Waals surface area contributed by atoms with Crippen LogP contribution in [0.15, 0.2) is 75.1 Å². The van der Waals surface area contributed by atoms with E-state index in [1.165, 1.54) is 6.08 Å². The molecule has 0 aliphatic carbocycles. The van der Waals surface area contributed by atoms with Gasteiger partial charge in [0.25, 0.3) is 0 Å². The number of fused-ring (bicyclic) bond motifs is 1. The van der Waals surface area contributed by atoms with E-state index >= 15 is 0 Å². The Labute approximate surface area is 166 Å². The molecule has 4 rings (SSSR count). The van der Waals surface area contributed by atoms with Gasteiger partial charge in [0, 0.05) is 16.3 Å². The molecule has 1 amide bonds. The number of methoxy groups -OCH3 is 1. The van der Waals surface area contributed by atoms with Crippen LogP contribution in [0.2, 0.25) is 0 Å². The van der Waals surface area contributed by atoms with Crippen molar-refractivity contribution in [1.29, 1.82) is 0 Å². The number of carbonyl (C=O) groups is 1. The van der Waals surface area contributed by atoms with E-state index in [0.29, 0.717) is 30.2 Å². The molecule has 0 atom stereocenters. The maximum absolute atomic E-state index is 12.8. The summed E-state index contributed by atoms with van der Waals surface area (Å²) in [6, 6.07) is 15.3. The van der Waals surface area contributed by atoms with Gasteiger partial charge in [0.2, 0.25) is 5.91 Å². The lowest BCUT2D eigenvalue weighted by Gasteiger charge is -2.19. The Kier molecular flexibility index (Phi) is 5.30. The number of benzene rings is 1. The Morgan fingerprint density at radius 2 is 2.11 bits per heavy atom. The average molecular weight is 393 g/mol. The fourth-order valence-corrected chi connectivity index (χ4v) is 3.67. The highest BCUT2D eigenvalue weighted by Crippen LogP contribution is 2.29. The maximum Gasteiger partial charge on any atom is 0.247 e. The first kappa shape index (κ1) is 18.1. The second kappa shape index (κ2) is 8.19. The zero-order valence-corrected chi connectivity index (χ0v) is 16.1. The van der Waals surface area contributed by atoms with Crippen LogP contribution in [0.4, 0.5) is 0 Å². The second-order valence-corrected chi connectivity index (χ2v) is 7.25. The van der Waals surface area contributed by atoms with Crippen molar-refractivity contribution in [2.45, 2.75) is 13.1 Å². The van der Waals surface area contributed by atoms with Gasteiger partial charge < -0.3 is 18.5 Å². The summed E-state index contributed by atoms with van der Waals surface area (Å²) < 4.78 is 16.6. The molecule has 0 N–H and O–H groups in total. The first-order chi connectivity index (χ1) is 13.7. The molecule has 0 unspecified atom stereocenters. The normalized spacial score (nSPS) is 11.3. The Morgan fingerprint density at radius 3 is 2.86 bits per heavy atom. The number of nitrogens with zero attached hydrogens (tertiary/aromatic N) is 1. The lowest BCUT2D eigenvalue weighted by atomic mass is 10.2. The van der Waals surface area contributed by atoms with E-state index in [4.69, 9.17) is 13.6 Å². The predicted molar refractivity (Wildman–Crippen MR) is 109 cm³/mol. The van der Waals surface area contributed by atoms with Gasteiger partial charge in [0.15, 0.2) is 11.3 Å². The van der Waals surface area contributed by atoms with Crippen LogP contribution in [0, 0.1) is 0 Å². The molecule has 0 saturated heterocycles. The number of hydrogen-bond acceptors (Lipinski definition) is 5. The highest BCUT2D eigenvalue weighted by atomic mass is 32.1. The molecule has 0 radical (unpaired) electrons. The van der Waals surface area contributed by atoms with E-state index in [1.54, 1.807) is 35.7 Å². The van der Waals surface area contributed by atoms with E-state index in [1.807, 2.05) is 53.9 Å². The van der Waals surface area contributed by atoms with Gasteiger partial charge in [0.05, 0.1) is 26.5 Å². The summed E-state index contributed by atoms with van der Waals surface area (Å²) >= 11 is 1.62. The number of carbonyl (C=O) groups excluding carboxylic acids is 1. The van der Waals surface area contributed by atoms with E-state index < -0.39 is 0 Å². The summed E-state index contributed by atoms with van der Waals surface area (Å²) in [4.78, 5) is 15.7. The summed E-state index contributed by atoms with van der Waals surface area (Å²) in [5.74, 6) is 1.89. The molecule has 28 heavy (non-hydrogen) atoms. The molecule has 3 aromatic heterocycles. The number of rotatable bonds is 7. The van der Waals surface area contributed by atoms with Crippen molar-refractivity contribution in [3.63, 3.8) is 0 Å². The fraction of sp³-hybridized carbons (Fsp3) is 0.136. The Morgan fingerprint density at radius 1 is 1.18 bits per heavy atom. The molecule has 6 heteroatoms. The van der Waals surface area contributed by atoms with Crippen LogP contribution in [-0.2, 0) is 17.9 Å². The SMILES string of the molecule is COc1cccc2cc(/C=C/C(=O)N(Cc3ccco3)Cc3cccs3)oc12. The highest BCUT2D eigenvalue weighted by molar-refractivity contribution is 7.09. The number of amides is 1. The van der Waals surface area contributed by atoms with E-state index in [9.17, 15) is 4.79 Å². The maximum atomic E-state index is 12.8. The molecule has 0 spiro atoms. The van der Waals surface area contributed by atoms with Crippen LogP contribution in [-0.4, -0.2) is 17.9 Å². The summed E-state index contributed by atoms with van der Waals surface area (Å²) in [7, 11) is 1.60. The summed E-state index contributed by atoms with van der Waals surface area (Å²) in [6.45, 7) is 0.928. The number of para-hydroxylation sites is 1. The largest absolute Gasteiger partial charge is 0.493 e. The van der Waals surface area contributed by atoms with Crippen molar-refractivity contribution < 1.29 is 18.4 Å². The molecule has 0 aliphatic rings. The molecule has 142 valence electrons. The van der Waals surface area contributed by atoms with Crippen molar-refractivity contribution in [3.05, 3.63) is 82.6 Å². The zero-order valence-electron chi connectivity index (χ0n) is 15.3. The third kappa shape index (κ3) is 4.02. The van der Waals surface area contributed by atoms with Gasteiger partial charge >= 0.3 is 0 Å². The molecule has 0 fully saturated rings. The summed E-state index contributed by atoms with van der Waals surface area (Å²) in [5, 5.41) is 2.93. The molecule has 1 aromatic carbocycles. The minimum absolute atomic E-state index is 0.114. The van der Waals surface area contributed by atoms with Crippen LogP contribution < -0.4 is 4.74 Å². The first-order valence-corrected chi connectivity index (χ1v) is 9.69. The average Bonchev–Trinajstić information content (AvgIpc) is 3.46. The van der Waals surface area contributed by atoms with Crippen molar-refractivity contribution in [2.75, 3.05) is 7.11 Å². The van der Waals surface area contributed by atoms with Gasteiger partial charge in [-0.3, -0.25) is 4.79 Å². The van der Waals surface area contributed by atoms with Gasteiger partial charge in [-0.1, -0.05) is 18.2 Å². The highest BCUT2D eigenvalue weighted by Gasteiger charge is 2.15. The van der Waals surface area contributed by atoms with Gasteiger partial charge in [-0.05, 0) is 41.8 Å². The third-order valence-corrected chi connectivity index (χ3v) is 5.16. The van der Waals surface area contributed by atoms with Crippen molar-refractivity contribution >= 4 is 34.3 Å². The summed E-state index contributed by atoms with van der Waals surface area (Å²) in [5.41, 5.74) is 0.670. The molecule has 4 aromatic rings. The minimum Gasteiger partial charge on any atom is -0.493 e. The number of furan rings is 2. The molecular weight excluding hydrogens is 374 g/mol. The standard InChI is InChI=1S/C22H19NO4S/c1-25-20-8-2-5-16-13-17(27-22(16)20)9-10-21(24)23(14-18-6-3-11-26-18)15-19-7-4-12-28-19/h2-13H,14-15H2,1H3/b10-9+. The number of hydrogen-bond donors (Lipinski definition) is 0. The topological polar surface area (TPSA) is 55.8 Å². The van der Waals surface area contributed by atoms with Crippen molar-refractivity contribution in [3.8, 4) is 5.75 Å². The van der Waals surface area contributed by atoms with E-state index in [2.05, 4.69) is 0 Å².